The van der Waals surface area contributed by atoms with Crippen molar-refractivity contribution < 1.29 is 4.62 Å². The Morgan fingerprint density at radius 2 is 2.25 bits per heavy atom. The maximum absolute atomic E-state index is 3.97. The van der Waals surface area contributed by atoms with E-state index in [1.807, 2.05) is 9.47 Å². The lowest BCUT2D eigenvalue weighted by molar-refractivity contribution is 0.408. The molecule has 4 heavy (non-hydrogen) atoms. The summed E-state index contributed by atoms with van der Waals surface area (Å²) in [5.41, 5.74) is 0. The average Bonchev–Trinajstić information content (AvgIpc) is 1.37. The minimum Gasteiger partial charge on any atom is -0.384 e. The highest BCUT2D eigenvalue weighted by atomic mass is 31.0. The summed E-state index contributed by atoms with van der Waals surface area (Å²) in [6, 6.07) is 0. The lowest BCUT2D eigenvalue weighted by atomic mass is 11.8. The van der Waals surface area contributed by atoms with E-state index >= 15 is 0 Å². The summed E-state index contributed by atoms with van der Waals surface area (Å²) in [4.78, 5) is 0. The van der Waals surface area contributed by atoms with Gasteiger partial charge in [0.15, 0.2) is 0 Å². The molecule has 1 unspecified atom stereocenters. The molecule has 0 N–H and O–H groups in total. The van der Waals surface area contributed by atoms with Gasteiger partial charge in [-0.05, 0) is 0 Å². The molecule has 0 aliphatic heterocycles. The monoisotopic (exact) mass is 77.0 g/mol. The molecule has 0 bridgehead atoms. The van der Waals surface area contributed by atoms with Crippen molar-refractivity contribution in [1.29, 1.82) is 0 Å². The third-order valence-electron chi connectivity index (χ3n) is 0.0745. The van der Waals surface area contributed by atoms with Gasteiger partial charge in [-0.15, -0.1) is 5.16 Å². The molecule has 0 radical (unpaired) electrons. The molecule has 0 rings (SSSR count). The second-order valence-electron chi connectivity index (χ2n) is 0.235. The Labute approximate surface area is 27.1 Å². The Kier molecular flexibility index (Phi) is 2.83. The van der Waals surface area contributed by atoms with Gasteiger partial charge >= 0.3 is 0 Å². The summed E-state index contributed by atoms with van der Waals surface area (Å²) < 4.78 is 3.97. The van der Waals surface area contributed by atoms with Gasteiger partial charge in [0.1, 0.15) is 0 Å². The number of rotatable bonds is 1. The van der Waals surface area contributed by atoms with Crippen LogP contribution in [-0.4, -0.2) is 6.72 Å². The van der Waals surface area contributed by atoms with E-state index in [2.05, 4.69) is 16.5 Å². The number of nitrogens with zero attached hydrogens (tertiary/aromatic N) is 1. The normalized spacial score (nSPS) is 5.25. The van der Waals surface area contributed by atoms with Crippen molar-refractivity contribution in [2.45, 2.75) is 0 Å². The van der Waals surface area contributed by atoms with Crippen LogP contribution >= 0.6 is 9.47 Å². The van der Waals surface area contributed by atoms with Crippen molar-refractivity contribution in [1.82, 2.24) is 0 Å². The van der Waals surface area contributed by atoms with Crippen molar-refractivity contribution in [2.24, 2.45) is 5.16 Å². The van der Waals surface area contributed by atoms with E-state index in [0.717, 1.165) is 0 Å². The van der Waals surface area contributed by atoms with E-state index in [0.29, 0.717) is 0 Å². The highest BCUT2D eigenvalue weighted by Crippen LogP contribution is 1.77. The van der Waals surface area contributed by atoms with Crippen LogP contribution in [0.5, 0.6) is 0 Å². The van der Waals surface area contributed by atoms with Gasteiger partial charge in [0, 0.05) is 6.72 Å². The van der Waals surface area contributed by atoms with Crippen molar-refractivity contribution >= 4 is 16.2 Å². The van der Waals surface area contributed by atoms with Crippen LogP contribution in [0.2, 0.25) is 0 Å². The fourth-order valence-electron chi connectivity index (χ4n) is 0. The predicted octanol–water partition coefficient (Wildman–Crippen LogP) is 0.409. The molecular formula is CH4NOP. The number of hydrogen-bond acceptors (Lipinski definition) is 2. The molecule has 0 aromatic heterocycles. The summed E-state index contributed by atoms with van der Waals surface area (Å²) in [7, 11) is 1.93. The lowest BCUT2D eigenvalue weighted by Gasteiger charge is -1.70. The molecule has 0 saturated heterocycles. The molecule has 0 fully saturated rings. The second-order valence-corrected chi connectivity index (χ2v) is 0.445. The second kappa shape index (κ2) is 2.90. The maximum atomic E-state index is 3.97. The molecule has 0 spiro atoms. The van der Waals surface area contributed by atoms with Crippen LogP contribution < -0.4 is 0 Å². The molecule has 0 aliphatic carbocycles. The van der Waals surface area contributed by atoms with Crippen LogP contribution in [0.4, 0.5) is 0 Å². The Hall–Kier alpha value is -0.100. The molecule has 24 valence electrons. The summed E-state index contributed by atoms with van der Waals surface area (Å²) in [6.45, 7) is 2.99. The number of oxime groups is 1. The summed E-state index contributed by atoms with van der Waals surface area (Å²) in [5, 5.41) is 2.95. The first kappa shape index (κ1) is 3.90. The number of hydrogen-bond donors (Lipinski definition) is 0. The molecule has 0 heterocycles. The lowest BCUT2D eigenvalue weighted by Crippen LogP contribution is -1.39. The Morgan fingerprint density at radius 3 is 2.25 bits per heavy atom. The van der Waals surface area contributed by atoms with Crippen LogP contribution in [0.1, 0.15) is 0 Å². The van der Waals surface area contributed by atoms with Crippen LogP contribution in [0.15, 0.2) is 5.16 Å². The van der Waals surface area contributed by atoms with E-state index in [4.69, 9.17) is 0 Å². The van der Waals surface area contributed by atoms with Crippen LogP contribution in [0.3, 0.4) is 0 Å². The van der Waals surface area contributed by atoms with Gasteiger partial charge in [0.05, 0.1) is 9.47 Å². The fraction of sp³-hybridized carbons (Fsp3) is 0. The Balaban J connectivity index is 2.30. The van der Waals surface area contributed by atoms with E-state index in [1.165, 1.54) is 0 Å². The molecule has 0 aliphatic rings. The van der Waals surface area contributed by atoms with Crippen LogP contribution in [0, 0.1) is 0 Å². The minimum absolute atomic E-state index is 1.93. The van der Waals surface area contributed by atoms with Gasteiger partial charge in [-0.1, -0.05) is 0 Å². The highest BCUT2D eigenvalue weighted by molar-refractivity contribution is 7.09. The van der Waals surface area contributed by atoms with Crippen molar-refractivity contribution in [3.63, 3.8) is 0 Å². The predicted molar refractivity (Wildman–Crippen MR) is 20.3 cm³/mol. The topological polar surface area (TPSA) is 21.6 Å². The zero-order valence-corrected chi connectivity index (χ0v) is 3.29. The van der Waals surface area contributed by atoms with Crippen LogP contribution in [-0.2, 0) is 4.62 Å². The van der Waals surface area contributed by atoms with E-state index in [9.17, 15) is 0 Å². The fourth-order valence-corrected chi connectivity index (χ4v) is 0. The van der Waals surface area contributed by atoms with E-state index < -0.39 is 0 Å². The van der Waals surface area contributed by atoms with Gasteiger partial charge in [-0.2, -0.15) is 0 Å². The molecular weight excluding hydrogens is 73.0 g/mol. The van der Waals surface area contributed by atoms with Gasteiger partial charge in [0.2, 0.25) is 0 Å². The Bertz CT molecular complexity index is 22.0. The first-order valence-electron chi connectivity index (χ1n) is 0.735. The van der Waals surface area contributed by atoms with E-state index in [-0.39, 0.29) is 0 Å². The summed E-state index contributed by atoms with van der Waals surface area (Å²) in [6.07, 6.45) is 0. The third-order valence-corrected chi connectivity index (χ3v) is 0.224. The summed E-state index contributed by atoms with van der Waals surface area (Å²) in [5.74, 6) is 0. The summed E-state index contributed by atoms with van der Waals surface area (Å²) >= 11 is 0. The molecule has 0 aromatic carbocycles. The van der Waals surface area contributed by atoms with Gasteiger partial charge in [-0.3, -0.25) is 0 Å². The third kappa shape index (κ3) is 1.90. The minimum atomic E-state index is 1.93. The van der Waals surface area contributed by atoms with Crippen LogP contribution in [0.25, 0.3) is 0 Å². The quantitative estimate of drug-likeness (QED) is 0.252. The van der Waals surface area contributed by atoms with Crippen molar-refractivity contribution in [3.05, 3.63) is 0 Å². The maximum Gasteiger partial charge on any atom is 0.0926 e. The SMILES string of the molecule is C=NOP. The zero-order chi connectivity index (χ0) is 3.41. The molecule has 0 saturated carbocycles. The largest absolute Gasteiger partial charge is 0.384 e. The molecule has 3 heteroatoms. The van der Waals surface area contributed by atoms with Gasteiger partial charge in [-0.25, -0.2) is 0 Å². The average molecular weight is 77.0 g/mol. The van der Waals surface area contributed by atoms with Crippen molar-refractivity contribution in [3.8, 4) is 0 Å². The van der Waals surface area contributed by atoms with Gasteiger partial charge in [0.25, 0.3) is 0 Å². The van der Waals surface area contributed by atoms with Crippen molar-refractivity contribution in [2.75, 3.05) is 0 Å². The Morgan fingerprint density at radius 1 is 2.00 bits per heavy atom. The zero-order valence-electron chi connectivity index (χ0n) is 2.14. The van der Waals surface area contributed by atoms with Gasteiger partial charge < -0.3 is 4.62 Å². The molecule has 0 aromatic rings. The first-order valence-corrected chi connectivity index (χ1v) is 1.21. The standard InChI is InChI=1S/CH4NOP/c1-2-3-4/h1,4H2. The van der Waals surface area contributed by atoms with E-state index in [1.54, 1.807) is 0 Å². The molecule has 2 nitrogen and oxygen atoms in total. The first-order chi connectivity index (χ1) is 1.91. The molecule has 0 amide bonds. The smallest absolute Gasteiger partial charge is 0.0926 e. The molecule has 1 atom stereocenters. The highest BCUT2D eigenvalue weighted by Gasteiger charge is 1.35.